The largest absolute Gasteiger partial charge is 0.743 e. The Morgan fingerprint density at radius 2 is 0.690 bits per heavy atom. The molecule has 0 N–H and O–H groups in total. The van der Waals surface area contributed by atoms with Gasteiger partial charge in [-0.15, -0.1) is 0 Å². The molecular formula is C8F17O3S-. The van der Waals surface area contributed by atoms with Crippen LogP contribution in [0.3, 0.4) is 0 Å². The summed E-state index contributed by atoms with van der Waals surface area (Å²) in [6.45, 7) is 0. The molecule has 176 valence electrons. The summed E-state index contributed by atoms with van der Waals surface area (Å²) in [4.78, 5) is 0. The van der Waals surface area contributed by atoms with Gasteiger partial charge in [0.25, 0.3) is 0 Å². The smallest absolute Gasteiger partial charge is 0.457 e. The summed E-state index contributed by atoms with van der Waals surface area (Å²) < 4.78 is 247. The molecule has 0 spiro atoms. The Bertz CT molecular complexity index is 729. The Hall–Kier alpha value is -1.28. The SMILES string of the molecule is O=S(=O)([O-])C(F)(F)C(F)(F)C(F)(C(F)(F)F)C(F)(C(F)(F)F)C(F)(F)C(F)(F)F. The van der Waals surface area contributed by atoms with Crippen LogP contribution in [0.25, 0.3) is 0 Å². The molecule has 0 amide bonds. The van der Waals surface area contributed by atoms with Crippen molar-refractivity contribution in [2.24, 2.45) is 0 Å². The first-order chi connectivity index (χ1) is 12.0. The fourth-order valence-corrected chi connectivity index (χ4v) is 2.19. The van der Waals surface area contributed by atoms with Crippen molar-refractivity contribution >= 4 is 10.1 Å². The lowest BCUT2D eigenvalue weighted by molar-refractivity contribution is -0.468. The van der Waals surface area contributed by atoms with Crippen LogP contribution >= 0.6 is 0 Å². The second kappa shape index (κ2) is 6.36. The molecule has 0 radical (unpaired) electrons. The topological polar surface area (TPSA) is 57.2 Å². The quantitative estimate of drug-likeness (QED) is 0.414. The van der Waals surface area contributed by atoms with Gasteiger partial charge in [-0.3, -0.25) is 0 Å². The third-order valence-corrected chi connectivity index (χ3v) is 4.04. The number of halogens is 17. The molecule has 0 saturated heterocycles. The van der Waals surface area contributed by atoms with Gasteiger partial charge in [0.1, 0.15) is 0 Å². The molecule has 0 aliphatic carbocycles. The maximum Gasteiger partial charge on any atom is 0.457 e. The first kappa shape index (κ1) is 27.7. The summed E-state index contributed by atoms with van der Waals surface area (Å²) in [5.41, 5.74) is -18.7. The van der Waals surface area contributed by atoms with Crippen LogP contribution in [0.2, 0.25) is 0 Å². The second-order valence-corrected chi connectivity index (χ2v) is 6.35. The number of hydrogen-bond acceptors (Lipinski definition) is 3. The van der Waals surface area contributed by atoms with Crippen molar-refractivity contribution in [1.29, 1.82) is 0 Å². The molecule has 0 aromatic heterocycles. The zero-order chi connectivity index (χ0) is 24.5. The molecule has 0 bridgehead atoms. The van der Waals surface area contributed by atoms with Crippen molar-refractivity contribution in [3.8, 4) is 0 Å². The van der Waals surface area contributed by atoms with Crippen LogP contribution in [0.1, 0.15) is 0 Å². The minimum atomic E-state index is -9.37. The molecule has 0 aromatic rings. The van der Waals surface area contributed by atoms with Crippen molar-refractivity contribution in [2.45, 2.75) is 47.0 Å². The van der Waals surface area contributed by atoms with Gasteiger partial charge in [0.05, 0.1) is 0 Å². The van der Waals surface area contributed by atoms with Crippen molar-refractivity contribution in [3.63, 3.8) is 0 Å². The van der Waals surface area contributed by atoms with E-state index >= 15 is 0 Å². The third kappa shape index (κ3) is 3.26. The van der Waals surface area contributed by atoms with Gasteiger partial charge in [0.15, 0.2) is 10.1 Å². The molecule has 0 aliphatic heterocycles. The molecule has 0 heterocycles. The lowest BCUT2D eigenvalue weighted by Crippen LogP contribution is -2.83. The number of hydrogen-bond donors (Lipinski definition) is 0. The molecule has 21 heteroatoms. The lowest BCUT2D eigenvalue weighted by atomic mass is 9.74. The van der Waals surface area contributed by atoms with Crippen LogP contribution in [0, 0.1) is 0 Å². The predicted molar refractivity (Wildman–Crippen MR) is 50.4 cm³/mol. The molecule has 2 unspecified atom stereocenters. The highest BCUT2D eigenvalue weighted by Crippen LogP contribution is 2.68. The zero-order valence-electron chi connectivity index (χ0n) is 12.1. The average molecular weight is 499 g/mol. The van der Waals surface area contributed by atoms with Gasteiger partial charge in [-0.25, -0.2) is 17.2 Å². The van der Waals surface area contributed by atoms with E-state index in [1.165, 1.54) is 0 Å². The van der Waals surface area contributed by atoms with Gasteiger partial charge in [-0.05, 0) is 0 Å². The molecule has 3 nitrogen and oxygen atoms in total. The van der Waals surface area contributed by atoms with Crippen molar-refractivity contribution in [3.05, 3.63) is 0 Å². The van der Waals surface area contributed by atoms with Gasteiger partial charge < -0.3 is 4.55 Å². The summed E-state index contributed by atoms with van der Waals surface area (Å²) in [7, 11) is -8.42. The van der Waals surface area contributed by atoms with E-state index in [2.05, 4.69) is 0 Å². The third-order valence-electron chi connectivity index (χ3n) is 3.16. The fourth-order valence-electron chi connectivity index (χ4n) is 1.73. The van der Waals surface area contributed by atoms with Gasteiger partial charge >= 0.3 is 47.0 Å². The Kier molecular flexibility index (Phi) is 6.08. The zero-order valence-corrected chi connectivity index (χ0v) is 12.9. The molecule has 0 saturated carbocycles. The summed E-state index contributed by atoms with van der Waals surface area (Å²) in [5.74, 6) is -17.9. The standard InChI is InChI=1S/C8HF17O3S/c9-1(5(15,16)17,3(11,12)7(21,22)23)2(10,6(18,19)20)4(13,14)8(24,25)29(26,27)28/h(H,26,27,28)/p-1. The minimum absolute atomic E-state index is 8.29. The second-order valence-electron chi connectivity index (χ2n) is 4.93. The molecule has 0 aliphatic rings. The van der Waals surface area contributed by atoms with Crippen molar-refractivity contribution in [2.75, 3.05) is 0 Å². The van der Waals surface area contributed by atoms with Gasteiger partial charge in [0, 0.05) is 0 Å². The monoisotopic (exact) mass is 499 g/mol. The normalized spacial score (nSPS) is 20.2. The first-order valence-electron chi connectivity index (χ1n) is 5.67. The van der Waals surface area contributed by atoms with E-state index in [0.29, 0.717) is 0 Å². The summed E-state index contributed by atoms with van der Waals surface area (Å²) in [6.07, 6.45) is -25.7. The maximum absolute atomic E-state index is 13.8. The molecule has 0 rings (SSSR count). The van der Waals surface area contributed by atoms with Gasteiger partial charge in [0.2, 0.25) is 0 Å². The van der Waals surface area contributed by atoms with Crippen LogP contribution in [-0.2, 0) is 10.1 Å². The van der Waals surface area contributed by atoms with Crippen molar-refractivity contribution < 1.29 is 87.6 Å². The Labute approximate surface area is 146 Å². The Morgan fingerprint density at radius 3 is 0.862 bits per heavy atom. The van der Waals surface area contributed by atoms with E-state index in [1.807, 2.05) is 0 Å². The molecule has 29 heavy (non-hydrogen) atoms. The van der Waals surface area contributed by atoms with Gasteiger partial charge in [-0.1, -0.05) is 0 Å². The van der Waals surface area contributed by atoms with E-state index in [-0.39, 0.29) is 0 Å². The van der Waals surface area contributed by atoms with Crippen LogP contribution in [0.15, 0.2) is 0 Å². The van der Waals surface area contributed by atoms with Crippen LogP contribution in [-0.4, -0.2) is 59.9 Å². The van der Waals surface area contributed by atoms with Crippen molar-refractivity contribution in [1.82, 2.24) is 0 Å². The summed E-state index contributed by atoms with van der Waals surface area (Å²) in [5, 5.41) is -8.31. The maximum atomic E-state index is 13.8. The molecule has 2 atom stereocenters. The van der Waals surface area contributed by atoms with Crippen LogP contribution < -0.4 is 0 Å². The summed E-state index contributed by atoms with van der Waals surface area (Å²) >= 11 is 0. The molecular weight excluding hydrogens is 499 g/mol. The Balaban J connectivity index is 7.85. The van der Waals surface area contributed by atoms with E-state index < -0.39 is 57.1 Å². The molecule has 0 fully saturated rings. The first-order valence-corrected chi connectivity index (χ1v) is 7.08. The number of rotatable bonds is 5. The summed E-state index contributed by atoms with van der Waals surface area (Å²) in [6, 6.07) is 0. The van der Waals surface area contributed by atoms with Gasteiger partial charge in [-0.2, -0.15) is 65.9 Å². The Morgan fingerprint density at radius 1 is 0.448 bits per heavy atom. The fraction of sp³-hybridized carbons (Fsp3) is 1.00. The highest BCUT2D eigenvalue weighted by Gasteiger charge is 3.01. The number of alkyl halides is 17. The van der Waals surface area contributed by atoms with Crippen LogP contribution in [0.5, 0.6) is 0 Å². The van der Waals surface area contributed by atoms with E-state index in [9.17, 15) is 87.6 Å². The molecule has 0 aromatic carbocycles. The van der Waals surface area contributed by atoms with Crippen LogP contribution in [0.4, 0.5) is 74.6 Å². The van der Waals surface area contributed by atoms with E-state index in [1.54, 1.807) is 0 Å². The average Bonchev–Trinajstić information content (AvgIpc) is 2.39. The highest BCUT2D eigenvalue weighted by molar-refractivity contribution is 7.86. The highest BCUT2D eigenvalue weighted by atomic mass is 32.2. The van der Waals surface area contributed by atoms with E-state index in [0.717, 1.165) is 0 Å². The van der Waals surface area contributed by atoms with E-state index in [4.69, 9.17) is 0 Å². The minimum Gasteiger partial charge on any atom is -0.743 e. The lowest BCUT2D eigenvalue weighted by Gasteiger charge is -2.48. The predicted octanol–water partition coefficient (Wildman–Crippen LogP) is 4.50.